The molecule has 0 bridgehead atoms. The van der Waals surface area contributed by atoms with E-state index in [-0.39, 0.29) is 17.3 Å². The number of hydrogen-bond acceptors (Lipinski definition) is 6. The van der Waals surface area contributed by atoms with Crippen LogP contribution in [0.5, 0.6) is 11.5 Å². The Balaban J connectivity index is 1.87. The van der Waals surface area contributed by atoms with Gasteiger partial charge in [-0.05, 0) is 30.3 Å². The van der Waals surface area contributed by atoms with Crippen LogP contribution in [0.15, 0.2) is 47.6 Å². The van der Waals surface area contributed by atoms with Crippen LogP contribution in [-0.2, 0) is 4.79 Å². The maximum absolute atomic E-state index is 11.7. The number of nitro groups is 1. The summed E-state index contributed by atoms with van der Waals surface area (Å²) in [6.45, 7) is -0.244. The third-order valence-electron chi connectivity index (χ3n) is 3.01. The van der Waals surface area contributed by atoms with Gasteiger partial charge in [-0.15, -0.1) is 0 Å². The van der Waals surface area contributed by atoms with E-state index in [2.05, 4.69) is 10.5 Å². The molecule has 0 spiro atoms. The zero-order chi connectivity index (χ0) is 18.2. The fraction of sp³-hybridized carbons (Fsp3) is 0.125. The molecule has 0 radical (unpaired) electrons. The Morgan fingerprint density at radius 1 is 1.28 bits per heavy atom. The van der Waals surface area contributed by atoms with Crippen LogP contribution in [0.2, 0.25) is 5.02 Å². The second-order valence-electron chi connectivity index (χ2n) is 4.72. The van der Waals surface area contributed by atoms with E-state index in [1.54, 1.807) is 31.4 Å². The third kappa shape index (κ3) is 5.47. The van der Waals surface area contributed by atoms with E-state index in [1.165, 1.54) is 24.4 Å². The molecule has 0 atom stereocenters. The minimum absolute atomic E-state index is 0.125. The van der Waals surface area contributed by atoms with Crippen LogP contribution in [-0.4, -0.2) is 30.8 Å². The molecule has 0 aliphatic rings. The Labute approximate surface area is 148 Å². The fourth-order valence-electron chi connectivity index (χ4n) is 1.77. The van der Waals surface area contributed by atoms with Gasteiger partial charge in [-0.1, -0.05) is 11.6 Å². The number of non-ortho nitro benzene ring substituents is 1. The molecule has 0 saturated heterocycles. The number of benzene rings is 2. The van der Waals surface area contributed by atoms with E-state index in [4.69, 9.17) is 21.1 Å². The van der Waals surface area contributed by atoms with Gasteiger partial charge in [-0.2, -0.15) is 5.10 Å². The molecular weight excluding hydrogens is 350 g/mol. The van der Waals surface area contributed by atoms with Crippen molar-refractivity contribution in [3.05, 3.63) is 63.2 Å². The molecule has 0 aliphatic carbocycles. The van der Waals surface area contributed by atoms with Gasteiger partial charge in [-0.25, -0.2) is 5.43 Å². The minimum atomic E-state index is -0.547. The molecule has 0 fully saturated rings. The van der Waals surface area contributed by atoms with E-state index in [9.17, 15) is 14.9 Å². The highest BCUT2D eigenvalue weighted by molar-refractivity contribution is 6.33. The molecule has 1 amide bonds. The first-order valence-corrected chi connectivity index (χ1v) is 7.40. The number of amides is 1. The number of rotatable bonds is 7. The highest BCUT2D eigenvalue weighted by Gasteiger charge is 2.08. The number of ether oxygens (including phenoxy) is 2. The molecule has 130 valence electrons. The van der Waals surface area contributed by atoms with Gasteiger partial charge >= 0.3 is 0 Å². The van der Waals surface area contributed by atoms with Crippen LogP contribution in [0.3, 0.4) is 0 Å². The number of methoxy groups -OCH3 is 1. The quantitative estimate of drug-likeness (QED) is 0.463. The molecule has 0 aromatic heterocycles. The van der Waals surface area contributed by atoms with Crippen molar-refractivity contribution in [3.63, 3.8) is 0 Å². The van der Waals surface area contributed by atoms with Gasteiger partial charge in [0.1, 0.15) is 11.5 Å². The van der Waals surface area contributed by atoms with Gasteiger partial charge < -0.3 is 9.47 Å². The summed E-state index contributed by atoms with van der Waals surface area (Å²) in [7, 11) is 1.55. The van der Waals surface area contributed by atoms with Crippen molar-refractivity contribution in [3.8, 4) is 11.5 Å². The minimum Gasteiger partial charge on any atom is -0.497 e. The number of carbonyl (C=O) groups excluding carboxylic acids is 1. The fourth-order valence-corrected chi connectivity index (χ4v) is 1.94. The van der Waals surface area contributed by atoms with Crippen molar-refractivity contribution >= 4 is 29.4 Å². The van der Waals surface area contributed by atoms with Crippen molar-refractivity contribution in [2.24, 2.45) is 5.10 Å². The van der Waals surface area contributed by atoms with E-state index in [0.717, 1.165) is 0 Å². The van der Waals surface area contributed by atoms with Crippen LogP contribution in [0.1, 0.15) is 5.56 Å². The average molecular weight is 364 g/mol. The Kier molecular flexibility index (Phi) is 6.30. The zero-order valence-corrected chi connectivity index (χ0v) is 13.9. The highest BCUT2D eigenvalue weighted by atomic mass is 35.5. The van der Waals surface area contributed by atoms with Crippen molar-refractivity contribution in [2.45, 2.75) is 0 Å². The van der Waals surface area contributed by atoms with Crippen LogP contribution in [0.4, 0.5) is 5.69 Å². The summed E-state index contributed by atoms with van der Waals surface area (Å²) in [6, 6.07) is 10.7. The molecule has 25 heavy (non-hydrogen) atoms. The number of nitrogens with zero attached hydrogens (tertiary/aromatic N) is 2. The Hall–Kier alpha value is -3.13. The van der Waals surface area contributed by atoms with Crippen molar-refractivity contribution in [1.29, 1.82) is 0 Å². The predicted molar refractivity (Wildman–Crippen MR) is 92.3 cm³/mol. The standard InChI is InChI=1S/C16H14ClN3O5/c1-24-13-3-5-14(6-4-13)25-10-16(21)19-18-9-11-8-12(20(22)23)2-7-15(11)17/h2-9H,10H2,1H3,(H,19,21)/b18-9+. The average Bonchev–Trinajstić information content (AvgIpc) is 2.61. The first kappa shape index (κ1) is 18.2. The van der Waals surface area contributed by atoms with Crippen LogP contribution >= 0.6 is 11.6 Å². The maximum Gasteiger partial charge on any atom is 0.277 e. The number of nitro benzene ring substituents is 1. The molecule has 2 aromatic rings. The monoisotopic (exact) mass is 363 g/mol. The molecule has 9 heteroatoms. The first-order valence-electron chi connectivity index (χ1n) is 7.02. The summed E-state index contributed by atoms with van der Waals surface area (Å²) in [5, 5.41) is 14.7. The Bertz CT molecular complexity index is 793. The molecule has 2 rings (SSSR count). The van der Waals surface area contributed by atoms with Crippen LogP contribution in [0.25, 0.3) is 0 Å². The molecule has 8 nitrogen and oxygen atoms in total. The largest absolute Gasteiger partial charge is 0.497 e. The smallest absolute Gasteiger partial charge is 0.277 e. The summed E-state index contributed by atoms with van der Waals surface area (Å²) in [6.07, 6.45) is 1.22. The lowest BCUT2D eigenvalue weighted by molar-refractivity contribution is -0.384. The van der Waals surface area contributed by atoms with Crippen LogP contribution in [0, 0.1) is 10.1 Å². The number of hydrogen-bond donors (Lipinski definition) is 1. The lowest BCUT2D eigenvalue weighted by atomic mass is 10.2. The molecule has 0 unspecified atom stereocenters. The lowest BCUT2D eigenvalue weighted by Gasteiger charge is -2.06. The van der Waals surface area contributed by atoms with Gasteiger partial charge in [0.2, 0.25) is 0 Å². The summed E-state index contributed by atoms with van der Waals surface area (Å²) in [5.74, 6) is 0.686. The highest BCUT2D eigenvalue weighted by Crippen LogP contribution is 2.20. The van der Waals surface area contributed by atoms with Gasteiger partial charge in [0.25, 0.3) is 11.6 Å². The Morgan fingerprint density at radius 3 is 2.60 bits per heavy atom. The summed E-state index contributed by atoms with van der Waals surface area (Å²) in [5.41, 5.74) is 2.44. The van der Waals surface area contributed by atoms with Crippen molar-refractivity contribution in [2.75, 3.05) is 13.7 Å². The van der Waals surface area contributed by atoms with Gasteiger partial charge in [0, 0.05) is 22.7 Å². The summed E-state index contributed by atoms with van der Waals surface area (Å²) < 4.78 is 10.3. The molecule has 0 heterocycles. The molecule has 0 aliphatic heterocycles. The normalized spacial score (nSPS) is 10.5. The predicted octanol–water partition coefficient (Wildman–Crippen LogP) is 2.79. The van der Waals surface area contributed by atoms with E-state index >= 15 is 0 Å². The number of hydrazone groups is 1. The zero-order valence-electron chi connectivity index (χ0n) is 13.1. The lowest BCUT2D eigenvalue weighted by Crippen LogP contribution is -2.24. The SMILES string of the molecule is COc1ccc(OCC(=O)N/N=C/c2cc([N+](=O)[O-])ccc2Cl)cc1. The second-order valence-corrected chi connectivity index (χ2v) is 5.13. The van der Waals surface area contributed by atoms with Gasteiger partial charge in [0.15, 0.2) is 6.61 Å². The molecule has 0 saturated carbocycles. The Morgan fingerprint density at radius 2 is 1.96 bits per heavy atom. The molecule has 1 N–H and O–H groups in total. The van der Waals surface area contributed by atoms with E-state index in [1.807, 2.05) is 0 Å². The van der Waals surface area contributed by atoms with Crippen molar-refractivity contribution in [1.82, 2.24) is 5.43 Å². The topological polar surface area (TPSA) is 103 Å². The van der Waals surface area contributed by atoms with Crippen molar-refractivity contribution < 1.29 is 19.2 Å². The number of nitrogens with one attached hydrogen (secondary N) is 1. The van der Waals surface area contributed by atoms with E-state index < -0.39 is 10.8 Å². The first-order chi connectivity index (χ1) is 12.0. The maximum atomic E-state index is 11.7. The van der Waals surface area contributed by atoms with Crippen LogP contribution < -0.4 is 14.9 Å². The number of carbonyl (C=O) groups is 1. The molecule has 2 aromatic carbocycles. The second kappa shape index (κ2) is 8.65. The third-order valence-corrected chi connectivity index (χ3v) is 3.36. The van der Waals surface area contributed by atoms with Gasteiger partial charge in [0.05, 0.1) is 18.2 Å². The molecular formula is C16H14ClN3O5. The summed E-state index contributed by atoms with van der Waals surface area (Å²) >= 11 is 5.92. The van der Waals surface area contributed by atoms with E-state index in [0.29, 0.717) is 17.1 Å². The van der Waals surface area contributed by atoms with Gasteiger partial charge in [-0.3, -0.25) is 14.9 Å². The summed E-state index contributed by atoms with van der Waals surface area (Å²) in [4.78, 5) is 21.9. The number of halogens is 1.